The average molecular weight is 332 g/mol. The molecule has 3 N–H and O–H groups in total. The Morgan fingerprint density at radius 3 is 2.58 bits per heavy atom. The first-order valence-electron chi connectivity index (χ1n) is 7.02. The predicted octanol–water partition coefficient (Wildman–Crippen LogP) is 2.93. The number of hydrogen-bond acceptors (Lipinski definition) is 6. The van der Waals surface area contributed by atoms with Crippen molar-refractivity contribution in [3.05, 3.63) is 46.6 Å². The zero-order chi connectivity index (χ0) is 17.3. The highest BCUT2D eigenvalue weighted by Crippen LogP contribution is 2.36. The van der Waals surface area contributed by atoms with Crippen LogP contribution in [0.25, 0.3) is 22.3 Å². The second kappa shape index (κ2) is 6.11. The number of phenolic OH excluding ortho intramolecular Hbond substituents is 2. The normalized spacial score (nSPS) is 10.9. The van der Waals surface area contributed by atoms with E-state index in [4.69, 9.17) is 9.15 Å². The quantitative estimate of drug-likeness (QED) is 0.679. The molecule has 0 bridgehead atoms. The molecule has 6 nitrogen and oxygen atoms in total. The summed E-state index contributed by atoms with van der Waals surface area (Å²) in [7, 11) is 0. The van der Waals surface area contributed by atoms with Crippen LogP contribution < -0.4 is 10.2 Å². The van der Waals surface area contributed by atoms with Crippen LogP contribution >= 0.6 is 0 Å². The van der Waals surface area contributed by atoms with Gasteiger partial charge in [-0.3, -0.25) is 4.79 Å². The summed E-state index contributed by atoms with van der Waals surface area (Å²) in [6.45, 7) is -0.909. The fourth-order valence-corrected chi connectivity index (χ4v) is 2.30. The first-order chi connectivity index (χ1) is 11.5. The van der Waals surface area contributed by atoms with Crippen LogP contribution in [0, 0.1) is 0 Å². The topological polar surface area (TPSA) is 100 Å². The molecule has 0 aliphatic heterocycles. The van der Waals surface area contributed by atoms with Crippen LogP contribution in [0.5, 0.6) is 23.0 Å². The third-order valence-corrected chi connectivity index (χ3v) is 3.41. The van der Waals surface area contributed by atoms with E-state index in [1.807, 2.05) is 0 Å². The summed E-state index contributed by atoms with van der Waals surface area (Å²) in [5.41, 5.74) is -0.353. The summed E-state index contributed by atoms with van der Waals surface area (Å²) in [5.74, 6) is -1.11. The highest BCUT2D eigenvalue weighted by atomic mass is 19.1. The summed E-state index contributed by atoms with van der Waals surface area (Å²) >= 11 is 0. The number of phenols is 2. The molecule has 0 unspecified atom stereocenters. The molecule has 0 aliphatic rings. The molecule has 0 saturated carbocycles. The van der Waals surface area contributed by atoms with Gasteiger partial charge in [0.1, 0.15) is 24.6 Å². The van der Waals surface area contributed by atoms with E-state index >= 15 is 0 Å². The Morgan fingerprint density at radius 1 is 1.08 bits per heavy atom. The average Bonchev–Trinajstić information content (AvgIpc) is 2.57. The minimum Gasteiger partial charge on any atom is -0.508 e. The number of rotatable bonds is 4. The van der Waals surface area contributed by atoms with Gasteiger partial charge in [-0.25, -0.2) is 4.39 Å². The Labute approximate surface area is 135 Å². The number of benzene rings is 2. The van der Waals surface area contributed by atoms with Gasteiger partial charge in [0.2, 0.25) is 11.2 Å². The number of hydrogen-bond donors (Lipinski definition) is 3. The molecule has 3 aromatic rings. The first kappa shape index (κ1) is 15.7. The van der Waals surface area contributed by atoms with E-state index in [0.29, 0.717) is 0 Å². The van der Waals surface area contributed by atoms with Crippen LogP contribution in [0.4, 0.5) is 4.39 Å². The van der Waals surface area contributed by atoms with Crippen molar-refractivity contribution in [2.24, 2.45) is 0 Å². The zero-order valence-electron chi connectivity index (χ0n) is 12.3. The highest BCUT2D eigenvalue weighted by molar-refractivity contribution is 5.83. The largest absolute Gasteiger partial charge is 0.508 e. The Kier molecular flexibility index (Phi) is 3.99. The molecule has 0 aliphatic carbocycles. The number of ether oxygens (including phenoxy) is 1. The van der Waals surface area contributed by atoms with Crippen molar-refractivity contribution in [1.82, 2.24) is 0 Å². The number of aromatic hydroxyl groups is 3. The maximum absolute atomic E-state index is 12.2. The number of alkyl halides is 1. The van der Waals surface area contributed by atoms with Gasteiger partial charge in [-0.2, -0.15) is 0 Å². The Bertz CT molecular complexity index is 963. The van der Waals surface area contributed by atoms with Gasteiger partial charge in [-0.05, 0) is 30.3 Å². The van der Waals surface area contributed by atoms with Crippen molar-refractivity contribution in [3.8, 4) is 34.3 Å². The molecule has 0 saturated heterocycles. The van der Waals surface area contributed by atoms with E-state index in [0.717, 1.165) is 0 Å². The van der Waals surface area contributed by atoms with Crippen LogP contribution in [-0.4, -0.2) is 28.6 Å². The molecule has 0 spiro atoms. The van der Waals surface area contributed by atoms with Crippen molar-refractivity contribution in [1.29, 1.82) is 0 Å². The van der Waals surface area contributed by atoms with Crippen molar-refractivity contribution >= 4 is 11.0 Å². The Hall–Kier alpha value is -3.22. The molecular formula is C17H13FO6. The van der Waals surface area contributed by atoms with Gasteiger partial charge in [0.05, 0.1) is 5.39 Å². The molecule has 124 valence electrons. The third-order valence-electron chi connectivity index (χ3n) is 3.41. The maximum atomic E-state index is 12.2. The predicted molar refractivity (Wildman–Crippen MR) is 84.4 cm³/mol. The highest BCUT2D eigenvalue weighted by Gasteiger charge is 2.17. The lowest BCUT2D eigenvalue weighted by atomic mass is 10.1. The lowest BCUT2D eigenvalue weighted by Gasteiger charge is -2.09. The van der Waals surface area contributed by atoms with Gasteiger partial charge >= 0.3 is 0 Å². The molecule has 3 rings (SSSR count). The van der Waals surface area contributed by atoms with Crippen molar-refractivity contribution < 1.29 is 28.9 Å². The molecule has 1 heterocycles. The minimum absolute atomic E-state index is 0.0664. The minimum atomic E-state index is -0.703. The summed E-state index contributed by atoms with van der Waals surface area (Å²) < 4.78 is 22.6. The van der Waals surface area contributed by atoms with Gasteiger partial charge in [-0.15, -0.1) is 0 Å². The lowest BCUT2D eigenvalue weighted by molar-refractivity contribution is 0.262. The molecular weight excluding hydrogens is 319 g/mol. The summed E-state index contributed by atoms with van der Waals surface area (Å²) in [6, 6.07) is 7.93. The van der Waals surface area contributed by atoms with Crippen LogP contribution in [0.15, 0.2) is 45.6 Å². The van der Waals surface area contributed by atoms with Gasteiger partial charge in [0.25, 0.3) is 0 Å². The van der Waals surface area contributed by atoms with E-state index < -0.39 is 17.9 Å². The SMILES string of the molecule is O=c1c(O)c(-c2ccc(OCCF)c(O)c2)oc2cc(O)ccc12. The van der Waals surface area contributed by atoms with Gasteiger partial charge in [-0.1, -0.05) is 0 Å². The molecule has 24 heavy (non-hydrogen) atoms. The van der Waals surface area contributed by atoms with E-state index in [1.54, 1.807) is 0 Å². The zero-order valence-corrected chi connectivity index (χ0v) is 12.3. The van der Waals surface area contributed by atoms with Crippen molar-refractivity contribution in [3.63, 3.8) is 0 Å². The van der Waals surface area contributed by atoms with E-state index in [9.17, 15) is 24.5 Å². The summed E-state index contributed by atoms with van der Waals surface area (Å²) in [6.07, 6.45) is 0. The maximum Gasteiger partial charge on any atom is 0.235 e. The molecule has 0 atom stereocenters. The summed E-state index contributed by atoms with van der Waals surface area (Å²) in [4.78, 5) is 12.2. The second-order valence-corrected chi connectivity index (χ2v) is 5.01. The van der Waals surface area contributed by atoms with E-state index in [1.165, 1.54) is 36.4 Å². The standard InChI is InChI=1S/C17H13FO6/c18-5-6-23-13-4-1-9(7-12(13)20)17-16(22)15(21)11-3-2-10(19)8-14(11)24-17/h1-4,7-8,19-20,22H,5-6H2. The van der Waals surface area contributed by atoms with Crippen LogP contribution in [0.1, 0.15) is 0 Å². The molecule has 0 fully saturated rings. The van der Waals surface area contributed by atoms with Gasteiger partial charge < -0.3 is 24.5 Å². The van der Waals surface area contributed by atoms with Crippen molar-refractivity contribution in [2.45, 2.75) is 0 Å². The lowest BCUT2D eigenvalue weighted by Crippen LogP contribution is -2.02. The Morgan fingerprint density at radius 2 is 1.88 bits per heavy atom. The van der Waals surface area contributed by atoms with Crippen LogP contribution in [0.3, 0.4) is 0 Å². The molecule has 0 amide bonds. The number of halogens is 1. The summed E-state index contributed by atoms with van der Waals surface area (Å²) in [5, 5.41) is 29.6. The molecule has 1 aromatic heterocycles. The van der Waals surface area contributed by atoms with E-state index in [-0.39, 0.29) is 46.1 Å². The fourth-order valence-electron chi connectivity index (χ4n) is 2.30. The van der Waals surface area contributed by atoms with Crippen molar-refractivity contribution in [2.75, 3.05) is 13.3 Å². The Balaban J connectivity index is 2.14. The van der Waals surface area contributed by atoms with Gasteiger partial charge in [0.15, 0.2) is 17.3 Å². The van der Waals surface area contributed by atoms with Crippen LogP contribution in [0.2, 0.25) is 0 Å². The number of fused-ring (bicyclic) bond motifs is 1. The molecule has 2 aromatic carbocycles. The van der Waals surface area contributed by atoms with E-state index in [2.05, 4.69) is 0 Å². The fraction of sp³-hybridized carbons (Fsp3) is 0.118. The third kappa shape index (κ3) is 2.71. The smallest absolute Gasteiger partial charge is 0.235 e. The molecule has 0 radical (unpaired) electrons. The monoisotopic (exact) mass is 332 g/mol. The first-order valence-corrected chi connectivity index (χ1v) is 7.02. The van der Waals surface area contributed by atoms with Crippen LogP contribution in [-0.2, 0) is 0 Å². The second-order valence-electron chi connectivity index (χ2n) is 5.01. The molecule has 7 heteroatoms. The van der Waals surface area contributed by atoms with Gasteiger partial charge in [0, 0.05) is 11.6 Å².